The Morgan fingerprint density at radius 2 is 1.46 bits per heavy atom. The largest absolute Gasteiger partial charge is 0.489 e. The monoisotopic (exact) mass is 484 g/mol. The van der Waals surface area contributed by atoms with Crippen molar-refractivity contribution in [1.29, 1.82) is 0 Å². The number of rotatable bonds is 7. The van der Waals surface area contributed by atoms with Crippen molar-refractivity contribution in [2.24, 2.45) is 10.7 Å². The molecule has 2 aliphatic heterocycles. The molecule has 6 rings (SSSR count). The molecule has 1 atom stereocenters. The van der Waals surface area contributed by atoms with Gasteiger partial charge in [-0.3, -0.25) is 0 Å². The Morgan fingerprint density at radius 1 is 0.784 bits per heavy atom. The molecular weight excluding hydrogens is 456 g/mol. The fraction of sp³-hybridized carbons (Fsp3) is 0.0938. The number of hydrogen-bond acceptors (Lipinski definition) is 5. The van der Waals surface area contributed by atoms with Gasteiger partial charge in [0.15, 0.2) is 0 Å². The van der Waals surface area contributed by atoms with Gasteiger partial charge in [0.25, 0.3) is 0 Å². The highest BCUT2D eigenvalue weighted by molar-refractivity contribution is 6.05. The SMILES string of the molecule is NC1=NC=CN2C1=C(c1cccc(OCc3ccccc3)c1)NC2(Cc1ccccc1)c1ccccc1. The van der Waals surface area contributed by atoms with E-state index in [9.17, 15) is 0 Å². The van der Waals surface area contributed by atoms with E-state index in [1.165, 1.54) is 5.56 Å². The number of hydrogen-bond donors (Lipinski definition) is 2. The smallest absolute Gasteiger partial charge is 0.149 e. The first kappa shape index (κ1) is 22.7. The Labute approximate surface area is 217 Å². The molecule has 5 nitrogen and oxygen atoms in total. The summed E-state index contributed by atoms with van der Waals surface area (Å²) in [5.74, 6) is 1.27. The summed E-state index contributed by atoms with van der Waals surface area (Å²) in [5.41, 5.74) is 12.2. The lowest BCUT2D eigenvalue weighted by Gasteiger charge is -2.40. The number of amidine groups is 1. The molecule has 4 aromatic carbocycles. The normalized spacial score (nSPS) is 18.3. The fourth-order valence-corrected chi connectivity index (χ4v) is 5.07. The van der Waals surface area contributed by atoms with Gasteiger partial charge in [-0.25, -0.2) is 4.99 Å². The zero-order chi connectivity index (χ0) is 25.1. The summed E-state index contributed by atoms with van der Waals surface area (Å²) in [7, 11) is 0. The standard InChI is InChI=1S/C32H28N4O/c33-31-30-29(26-15-10-18-28(21-26)37-23-25-13-6-2-7-14-25)35-32(36(30)20-19-34-31,27-16-8-3-9-17-27)22-24-11-4-1-5-12-24/h1-21,35H,22-23H2,(H2,33,34). The molecule has 0 spiro atoms. The van der Waals surface area contributed by atoms with Crippen LogP contribution in [0.4, 0.5) is 0 Å². The topological polar surface area (TPSA) is 62.9 Å². The third kappa shape index (κ3) is 4.36. The Balaban J connectivity index is 1.41. The Morgan fingerprint density at radius 3 is 2.19 bits per heavy atom. The van der Waals surface area contributed by atoms with Crippen molar-refractivity contribution in [1.82, 2.24) is 10.2 Å². The molecule has 1 unspecified atom stereocenters. The van der Waals surface area contributed by atoms with E-state index in [1.54, 1.807) is 6.20 Å². The van der Waals surface area contributed by atoms with E-state index in [-0.39, 0.29) is 0 Å². The lowest BCUT2D eigenvalue weighted by Crippen LogP contribution is -2.50. The summed E-state index contributed by atoms with van der Waals surface area (Å²) in [5, 5.41) is 3.90. The molecule has 0 saturated carbocycles. The van der Waals surface area contributed by atoms with Crippen molar-refractivity contribution < 1.29 is 4.74 Å². The number of benzene rings is 4. The van der Waals surface area contributed by atoms with Gasteiger partial charge in [-0.05, 0) is 28.8 Å². The summed E-state index contributed by atoms with van der Waals surface area (Å²) in [6, 6.07) is 39.3. The maximum absolute atomic E-state index is 6.54. The molecule has 2 aliphatic rings. The highest BCUT2D eigenvalue weighted by Crippen LogP contribution is 2.44. The summed E-state index contributed by atoms with van der Waals surface area (Å²) in [6.07, 6.45) is 4.51. The molecule has 0 radical (unpaired) electrons. The van der Waals surface area contributed by atoms with Crippen LogP contribution in [-0.2, 0) is 18.7 Å². The predicted octanol–water partition coefficient (Wildman–Crippen LogP) is 5.78. The van der Waals surface area contributed by atoms with Crippen LogP contribution in [0, 0.1) is 0 Å². The maximum atomic E-state index is 6.54. The second-order valence-electron chi connectivity index (χ2n) is 9.22. The Bertz CT molecular complexity index is 1480. The van der Waals surface area contributed by atoms with E-state index in [4.69, 9.17) is 10.5 Å². The number of ether oxygens (including phenoxy) is 1. The first-order chi connectivity index (χ1) is 18.2. The lowest BCUT2D eigenvalue weighted by atomic mass is 9.90. The van der Waals surface area contributed by atoms with Crippen LogP contribution >= 0.6 is 0 Å². The number of nitrogens with zero attached hydrogens (tertiary/aromatic N) is 2. The van der Waals surface area contributed by atoms with Crippen LogP contribution in [0.2, 0.25) is 0 Å². The molecule has 4 aromatic rings. The molecule has 182 valence electrons. The second kappa shape index (κ2) is 9.70. The summed E-state index contributed by atoms with van der Waals surface area (Å²) in [6.45, 7) is 0.504. The molecule has 0 amide bonds. The molecule has 2 heterocycles. The molecule has 37 heavy (non-hydrogen) atoms. The van der Waals surface area contributed by atoms with Crippen LogP contribution in [-0.4, -0.2) is 10.7 Å². The van der Waals surface area contributed by atoms with Crippen molar-refractivity contribution in [3.8, 4) is 5.75 Å². The molecule has 0 bridgehead atoms. The van der Waals surface area contributed by atoms with Gasteiger partial charge in [-0.1, -0.05) is 103 Å². The van der Waals surface area contributed by atoms with Gasteiger partial charge >= 0.3 is 0 Å². The molecule has 0 aromatic heterocycles. The van der Waals surface area contributed by atoms with E-state index < -0.39 is 5.66 Å². The third-order valence-corrected chi connectivity index (χ3v) is 6.82. The maximum Gasteiger partial charge on any atom is 0.149 e. The number of nitrogens with two attached hydrogens (primary N) is 1. The van der Waals surface area contributed by atoms with E-state index in [1.807, 2.05) is 48.7 Å². The molecule has 3 N–H and O–H groups in total. The van der Waals surface area contributed by atoms with E-state index in [2.05, 4.69) is 88.0 Å². The number of fused-ring (bicyclic) bond motifs is 1. The van der Waals surface area contributed by atoms with Crippen LogP contribution in [0.25, 0.3) is 5.70 Å². The van der Waals surface area contributed by atoms with Gasteiger partial charge in [-0.15, -0.1) is 0 Å². The van der Waals surface area contributed by atoms with E-state index in [0.29, 0.717) is 12.4 Å². The van der Waals surface area contributed by atoms with Gasteiger partial charge in [0.1, 0.15) is 29.6 Å². The van der Waals surface area contributed by atoms with E-state index in [0.717, 1.165) is 40.3 Å². The molecule has 0 saturated heterocycles. The van der Waals surface area contributed by atoms with Gasteiger partial charge < -0.3 is 20.7 Å². The van der Waals surface area contributed by atoms with Crippen molar-refractivity contribution in [3.63, 3.8) is 0 Å². The highest BCUT2D eigenvalue weighted by atomic mass is 16.5. The highest BCUT2D eigenvalue weighted by Gasteiger charge is 2.47. The zero-order valence-corrected chi connectivity index (χ0v) is 20.4. The molecule has 0 fully saturated rings. The predicted molar refractivity (Wildman–Crippen MR) is 148 cm³/mol. The van der Waals surface area contributed by atoms with Gasteiger partial charge in [0.2, 0.25) is 0 Å². The van der Waals surface area contributed by atoms with Crippen LogP contribution < -0.4 is 15.8 Å². The average molecular weight is 485 g/mol. The van der Waals surface area contributed by atoms with Crippen molar-refractivity contribution >= 4 is 11.5 Å². The minimum Gasteiger partial charge on any atom is -0.489 e. The fourth-order valence-electron chi connectivity index (χ4n) is 5.07. The second-order valence-corrected chi connectivity index (χ2v) is 9.22. The van der Waals surface area contributed by atoms with Gasteiger partial charge in [-0.2, -0.15) is 0 Å². The summed E-state index contributed by atoms with van der Waals surface area (Å²) in [4.78, 5) is 6.68. The van der Waals surface area contributed by atoms with Crippen molar-refractivity contribution in [2.75, 3.05) is 0 Å². The van der Waals surface area contributed by atoms with Gasteiger partial charge in [0.05, 0.1) is 5.70 Å². The van der Waals surface area contributed by atoms with Crippen LogP contribution in [0.5, 0.6) is 5.75 Å². The lowest BCUT2D eigenvalue weighted by molar-refractivity contribution is 0.190. The minimum absolute atomic E-state index is 0.478. The zero-order valence-electron chi connectivity index (χ0n) is 20.4. The third-order valence-electron chi connectivity index (χ3n) is 6.82. The molecule has 0 aliphatic carbocycles. The Hall–Kier alpha value is -4.77. The first-order valence-corrected chi connectivity index (χ1v) is 12.4. The first-order valence-electron chi connectivity index (χ1n) is 12.4. The van der Waals surface area contributed by atoms with E-state index >= 15 is 0 Å². The summed E-state index contributed by atoms with van der Waals surface area (Å²) >= 11 is 0. The van der Waals surface area contributed by atoms with Crippen LogP contribution in [0.15, 0.2) is 138 Å². The van der Waals surface area contributed by atoms with Crippen molar-refractivity contribution in [3.05, 3.63) is 156 Å². The summed E-state index contributed by atoms with van der Waals surface area (Å²) < 4.78 is 6.15. The van der Waals surface area contributed by atoms with Crippen LogP contribution in [0.3, 0.4) is 0 Å². The number of nitrogens with one attached hydrogen (secondary N) is 1. The van der Waals surface area contributed by atoms with Gasteiger partial charge in [0, 0.05) is 24.4 Å². The number of aliphatic imine (C=N–C) groups is 1. The minimum atomic E-state index is -0.578. The van der Waals surface area contributed by atoms with Crippen LogP contribution in [0.1, 0.15) is 22.3 Å². The quantitative estimate of drug-likeness (QED) is 0.349. The molecular formula is C32H28N4O. The molecule has 5 heteroatoms. The average Bonchev–Trinajstić information content (AvgIpc) is 3.30. The Kier molecular flexibility index (Phi) is 5.95. The van der Waals surface area contributed by atoms with Crippen molar-refractivity contribution in [2.45, 2.75) is 18.7 Å².